The van der Waals surface area contributed by atoms with Crippen LogP contribution in [-0.4, -0.2) is 105 Å². The number of aliphatic imine (C=N–C) groups is 2. The topological polar surface area (TPSA) is 179 Å². The molecule has 4 fully saturated rings. The second-order valence-electron chi connectivity index (χ2n) is 10.8. The zero-order valence-electron chi connectivity index (χ0n) is 20.2. The molecule has 6 N–H and O–H groups in total. The second kappa shape index (κ2) is 8.49. The van der Waals surface area contributed by atoms with Crippen molar-refractivity contribution in [1.82, 2.24) is 20.0 Å². The molecule has 0 bridgehead atoms. The smallest absolute Gasteiger partial charge is 0.410 e. The molecule has 1 aliphatic carbocycles. The van der Waals surface area contributed by atoms with Crippen LogP contribution in [0.25, 0.3) is 0 Å². The van der Waals surface area contributed by atoms with E-state index in [2.05, 4.69) is 15.3 Å². The molecule has 0 aromatic carbocycles. The Morgan fingerprint density at radius 2 is 1.83 bits per heavy atom. The first-order valence-corrected chi connectivity index (χ1v) is 13.0. The van der Waals surface area contributed by atoms with Gasteiger partial charge in [0.1, 0.15) is 12.1 Å². The number of imide groups is 1. The second-order valence-corrected chi connectivity index (χ2v) is 10.8. The van der Waals surface area contributed by atoms with Gasteiger partial charge in [0.15, 0.2) is 23.7 Å². The number of ether oxygens (including phenoxy) is 1. The van der Waals surface area contributed by atoms with Gasteiger partial charge in [-0.15, -0.1) is 0 Å². The monoisotopic (exact) mass is 502 g/mol. The van der Waals surface area contributed by atoms with Crippen LogP contribution in [-0.2, 0) is 14.3 Å². The number of carbonyl (C=O) groups is 3. The maximum absolute atomic E-state index is 13.3. The summed E-state index contributed by atoms with van der Waals surface area (Å²) in [6.45, 7) is 0.758. The van der Waals surface area contributed by atoms with E-state index in [1.807, 2.05) is 4.90 Å². The molecule has 5 aliphatic heterocycles. The lowest BCUT2D eigenvalue weighted by molar-refractivity contribution is -0.139. The van der Waals surface area contributed by atoms with Crippen molar-refractivity contribution in [2.45, 2.75) is 87.4 Å². The summed E-state index contributed by atoms with van der Waals surface area (Å²) < 4.78 is 5.93. The number of nitrogens with two attached hydrogens (primary N) is 2. The Kier molecular flexibility index (Phi) is 5.50. The van der Waals surface area contributed by atoms with Gasteiger partial charge in [0.05, 0.1) is 19.1 Å². The number of piperidine rings is 1. The Morgan fingerprint density at radius 3 is 2.61 bits per heavy atom. The van der Waals surface area contributed by atoms with Gasteiger partial charge < -0.3 is 36.4 Å². The number of fused-ring (bicyclic) bond motifs is 1. The number of nitrogens with zero attached hydrogens (tertiary/aromatic N) is 5. The normalized spacial score (nSPS) is 39.8. The first kappa shape index (κ1) is 23.3. The predicted octanol–water partition coefficient (Wildman–Crippen LogP) is -1.35. The molecule has 5 heterocycles. The van der Waals surface area contributed by atoms with Crippen LogP contribution in [0.15, 0.2) is 9.98 Å². The molecule has 3 saturated heterocycles. The van der Waals surface area contributed by atoms with E-state index in [0.717, 1.165) is 32.1 Å². The standard InChI is InChI=1S/C23H34N8O5/c24-20-27-18-13(10-30-16(32)7-8-17(30)33)26-21(25)31-11-15(19(34)23(18,31)28-20)36-22(35)29-9-3-5-12-4-1-2-6-14(12)29/h12-15,18-19,34H,1-11H2,(H2,25,26)(H3,24,27,28)/t12-,13+,14+,15+,18?,19?,23?/m1/s1. The van der Waals surface area contributed by atoms with Gasteiger partial charge in [0.2, 0.25) is 11.8 Å². The van der Waals surface area contributed by atoms with Gasteiger partial charge in [-0.2, -0.15) is 0 Å². The highest BCUT2D eigenvalue weighted by atomic mass is 16.6. The van der Waals surface area contributed by atoms with E-state index in [9.17, 15) is 19.5 Å². The summed E-state index contributed by atoms with van der Waals surface area (Å²) in [4.78, 5) is 51.5. The van der Waals surface area contributed by atoms with Gasteiger partial charge in [-0.25, -0.2) is 14.8 Å². The minimum Gasteiger partial charge on any atom is -0.441 e. The fourth-order valence-electron chi connectivity index (χ4n) is 7.19. The van der Waals surface area contributed by atoms with Gasteiger partial charge in [-0.3, -0.25) is 14.5 Å². The molecule has 196 valence electrons. The van der Waals surface area contributed by atoms with Gasteiger partial charge in [0, 0.05) is 25.4 Å². The number of aliphatic hydroxyl groups excluding tert-OH is 1. The first-order chi connectivity index (χ1) is 17.3. The predicted molar refractivity (Wildman–Crippen MR) is 127 cm³/mol. The number of amides is 3. The van der Waals surface area contributed by atoms with Crippen molar-refractivity contribution in [3.63, 3.8) is 0 Å². The number of hydrogen-bond donors (Lipinski definition) is 4. The Morgan fingerprint density at radius 1 is 1.11 bits per heavy atom. The van der Waals surface area contributed by atoms with Gasteiger partial charge >= 0.3 is 6.09 Å². The van der Waals surface area contributed by atoms with E-state index in [4.69, 9.17) is 16.2 Å². The maximum atomic E-state index is 13.3. The average molecular weight is 503 g/mol. The largest absolute Gasteiger partial charge is 0.441 e. The van der Waals surface area contributed by atoms with Crippen LogP contribution in [0.2, 0.25) is 0 Å². The molecule has 0 aromatic heterocycles. The molecule has 6 rings (SSSR count). The minimum absolute atomic E-state index is 0.00883. The summed E-state index contributed by atoms with van der Waals surface area (Å²) in [5.74, 6) is 0.165. The van der Waals surface area contributed by atoms with Crippen molar-refractivity contribution < 1.29 is 24.2 Å². The number of carbonyl (C=O) groups excluding carboxylic acids is 3. The van der Waals surface area contributed by atoms with Crippen molar-refractivity contribution in [3.05, 3.63) is 0 Å². The summed E-state index contributed by atoms with van der Waals surface area (Å²) in [7, 11) is 0. The molecule has 0 radical (unpaired) electrons. The summed E-state index contributed by atoms with van der Waals surface area (Å²) in [5.41, 5.74) is 11.1. The van der Waals surface area contributed by atoms with Gasteiger partial charge in [-0.1, -0.05) is 12.8 Å². The Hall–Kier alpha value is -3.09. The lowest BCUT2D eigenvalue weighted by atomic mass is 9.78. The van der Waals surface area contributed by atoms with Crippen LogP contribution < -0.4 is 16.8 Å². The van der Waals surface area contributed by atoms with Crippen LogP contribution in [0.3, 0.4) is 0 Å². The summed E-state index contributed by atoms with van der Waals surface area (Å²) in [6, 6.07) is -1.25. The highest BCUT2D eigenvalue weighted by Crippen LogP contribution is 2.42. The van der Waals surface area contributed by atoms with Gasteiger partial charge in [0.25, 0.3) is 0 Å². The van der Waals surface area contributed by atoms with Crippen molar-refractivity contribution in [1.29, 1.82) is 0 Å². The number of guanidine groups is 2. The van der Waals surface area contributed by atoms with Crippen molar-refractivity contribution >= 4 is 29.8 Å². The van der Waals surface area contributed by atoms with Crippen LogP contribution in [0.1, 0.15) is 51.4 Å². The highest BCUT2D eigenvalue weighted by molar-refractivity contribution is 6.02. The number of rotatable bonds is 3. The third-order valence-electron chi connectivity index (χ3n) is 8.86. The number of nitrogens with one attached hydrogen (secondary N) is 1. The third-order valence-corrected chi connectivity index (χ3v) is 8.86. The molecule has 36 heavy (non-hydrogen) atoms. The van der Waals surface area contributed by atoms with Crippen molar-refractivity contribution in [3.8, 4) is 0 Å². The third kappa shape index (κ3) is 3.42. The molecule has 1 saturated carbocycles. The Balaban J connectivity index is 1.23. The summed E-state index contributed by atoms with van der Waals surface area (Å²) in [5, 5.41) is 14.6. The zero-order chi connectivity index (χ0) is 25.2. The van der Waals surface area contributed by atoms with E-state index in [1.54, 1.807) is 4.90 Å². The van der Waals surface area contributed by atoms with E-state index in [1.165, 1.54) is 11.3 Å². The molecule has 3 unspecified atom stereocenters. The average Bonchev–Trinajstić information content (AvgIpc) is 3.48. The number of hydrogen-bond acceptors (Lipinski definition) is 11. The van der Waals surface area contributed by atoms with Crippen LogP contribution in [0.4, 0.5) is 4.79 Å². The Bertz CT molecular complexity index is 1020. The molecule has 6 aliphatic rings. The molecule has 1 spiro atoms. The molecule has 7 atom stereocenters. The van der Waals surface area contributed by atoms with Crippen LogP contribution in [0.5, 0.6) is 0 Å². The van der Waals surface area contributed by atoms with E-state index in [-0.39, 0.29) is 55.7 Å². The molecule has 13 nitrogen and oxygen atoms in total. The lowest BCUT2D eigenvalue weighted by Gasteiger charge is -2.46. The first-order valence-electron chi connectivity index (χ1n) is 13.0. The zero-order valence-corrected chi connectivity index (χ0v) is 20.2. The molecule has 0 aromatic rings. The van der Waals surface area contributed by atoms with Gasteiger partial charge in [-0.05, 0) is 31.6 Å². The minimum atomic E-state index is -1.29. The molecule has 3 amide bonds. The fraction of sp³-hybridized carbons (Fsp3) is 0.783. The van der Waals surface area contributed by atoms with Crippen LogP contribution in [0, 0.1) is 5.92 Å². The summed E-state index contributed by atoms with van der Waals surface area (Å²) in [6.07, 6.45) is 4.30. The number of likely N-dealkylation sites (tertiary alicyclic amines) is 2. The summed E-state index contributed by atoms with van der Waals surface area (Å²) >= 11 is 0. The van der Waals surface area contributed by atoms with E-state index < -0.39 is 36.0 Å². The Labute approximate surface area is 208 Å². The maximum Gasteiger partial charge on any atom is 0.410 e. The van der Waals surface area contributed by atoms with Crippen molar-refractivity contribution in [2.75, 3.05) is 19.6 Å². The molecular formula is C23H34N8O5. The quantitative estimate of drug-likeness (QED) is 0.340. The molecule has 13 heteroatoms. The van der Waals surface area contributed by atoms with E-state index in [0.29, 0.717) is 12.5 Å². The van der Waals surface area contributed by atoms with Crippen LogP contribution >= 0.6 is 0 Å². The highest BCUT2D eigenvalue weighted by Gasteiger charge is 2.66. The fourth-order valence-corrected chi connectivity index (χ4v) is 7.19. The van der Waals surface area contributed by atoms with Crippen molar-refractivity contribution in [2.24, 2.45) is 27.4 Å². The SMILES string of the molecule is NC1=NC2[C@H](CN3C(=O)CCC3=O)N=C(N)N3C[C@H](OC(=O)N4CCC[C@H]5CCCC[C@@H]54)C(O)C23N1. The number of aliphatic hydroxyl groups is 1. The van der Waals surface area contributed by atoms with E-state index >= 15 is 0 Å². The lowest BCUT2D eigenvalue weighted by Crippen LogP contribution is -2.73. The molecular weight excluding hydrogens is 468 g/mol.